The van der Waals surface area contributed by atoms with Crippen LogP contribution in [0, 0.1) is 6.92 Å². The lowest BCUT2D eigenvalue weighted by molar-refractivity contribution is -0.114. The standard InChI is InChI=1S/C7H7ClN2O4/c1-3-5(7(12)13)6(14-10-3)9-4(11)2-8/h2H2,1H3,(H,9,11)(H,12,13). The zero-order valence-corrected chi connectivity index (χ0v) is 7.96. The van der Waals surface area contributed by atoms with E-state index in [9.17, 15) is 9.59 Å². The number of carbonyl (C=O) groups is 2. The number of carboxylic acids is 1. The lowest BCUT2D eigenvalue weighted by atomic mass is 10.2. The monoisotopic (exact) mass is 218 g/mol. The normalized spacial score (nSPS) is 9.86. The summed E-state index contributed by atoms with van der Waals surface area (Å²) in [4.78, 5) is 21.5. The Morgan fingerprint density at radius 3 is 2.79 bits per heavy atom. The Balaban J connectivity index is 2.98. The fourth-order valence-electron chi connectivity index (χ4n) is 0.867. The number of halogens is 1. The van der Waals surface area contributed by atoms with E-state index in [4.69, 9.17) is 16.7 Å². The van der Waals surface area contributed by atoms with Gasteiger partial charge in [-0.25, -0.2) is 4.79 Å². The number of anilines is 1. The zero-order valence-electron chi connectivity index (χ0n) is 7.20. The van der Waals surface area contributed by atoms with Crippen LogP contribution in [0.2, 0.25) is 0 Å². The highest BCUT2D eigenvalue weighted by atomic mass is 35.5. The molecule has 0 aliphatic rings. The Morgan fingerprint density at radius 1 is 1.64 bits per heavy atom. The lowest BCUT2D eigenvalue weighted by Crippen LogP contribution is -2.14. The molecule has 0 radical (unpaired) electrons. The SMILES string of the molecule is Cc1noc(NC(=O)CCl)c1C(=O)O. The molecule has 76 valence electrons. The van der Waals surface area contributed by atoms with Crippen molar-refractivity contribution in [2.45, 2.75) is 6.92 Å². The highest BCUT2D eigenvalue weighted by Crippen LogP contribution is 2.18. The molecular formula is C7H7ClN2O4. The molecule has 0 unspecified atom stereocenters. The van der Waals surface area contributed by atoms with Crippen molar-refractivity contribution in [1.82, 2.24) is 5.16 Å². The van der Waals surface area contributed by atoms with Gasteiger partial charge in [-0.05, 0) is 6.92 Å². The van der Waals surface area contributed by atoms with Crippen molar-refractivity contribution < 1.29 is 19.2 Å². The first-order valence-corrected chi connectivity index (χ1v) is 4.15. The van der Waals surface area contributed by atoms with E-state index < -0.39 is 11.9 Å². The van der Waals surface area contributed by atoms with E-state index in [-0.39, 0.29) is 23.0 Å². The number of nitrogens with one attached hydrogen (secondary N) is 1. The molecule has 0 aromatic carbocycles. The second kappa shape index (κ2) is 4.10. The molecule has 6 nitrogen and oxygen atoms in total. The summed E-state index contributed by atoms with van der Waals surface area (Å²) < 4.78 is 4.61. The highest BCUT2D eigenvalue weighted by molar-refractivity contribution is 6.29. The molecule has 1 heterocycles. The summed E-state index contributed by atoms with van der Waals surface area (Å²) in [7, 11) is 0. The fourth-order valence-corrected chi connectivity index (χ4v) is 0.934. The second-order valence-electron chi connectivity index (χ2n) is 2.46. The van der Waals surface area contributed by atoms with Crippen LogP contribution in [0.3, 0.4) is 0 Å². The average Bonchev–Trinajstić information content (AvgIpc) is 2.46. The minimum Gasteiger partial charge on any atom is -0.477 e. The fraction of sp³-hybridized carbons (Fsp3) is 0.286. The number of carboxylic acid groups (broad SMARTS) is 1. The third-order valence-electron chi connectivity index (χ3n) is 1.45. The summed E-state index contributed by atoms with van der Waals surface area (Å²) >= 11 is 5.22. The lowest BCUT2D eigenvalue weighted by Gasteiger charge is -1.97. The number of aryl methyl sites for hydroxylation is 1. The van der Waals surface area contributed by atoms with Gasteiger partial charge >= 0.3 is 5.97 Å². The maximum Gasteiger partial charge on any atom is 0.343 e. The van der Waals surface area contributed by atoms with Crippen LogP contribution in [0.25, 0.3) is 0 Å². The van der Waals surface area contributed by atoms with Crippen LogP contribution in [0.5, 0.6) is 0 Å². The Kier molecular flexibility index (Phi) is 3.08. The number of aromatic carboxylic acids is 1. The van der Waals surface area contributed by atoms with Gasteiger partial charge in [-0.15, -0.1) is 11.6 Å². The Labute approximate surface area is 83.8 Å². The van der Waals surface area contributed by atoms with Gasteiger partial charge < -0.3 is 9.63 Å². The van der Waals surface area contributed by atoms with Crippen LogP contribution in [-0.4, -0.2) is 28.0 Å². The van der Waals surface area contributed by atoms with E-state index in [1.165, 1.54) is 6.92 Å². The molecule has 0 saturated carbocycles. The highest BCUT2D eigenvalue weighted by Gasteiger charge is 2.20. The smallest absolute Gasteiger partial charge is 0.343 e. The van der Waals surface area contributed by atoms with Gasteiger partial charge in [0.2, 0.25) is 11.8 Å². The van der Waals surface area contributed by atoms with Crippen LogP contribution in [0.15, 0.2) is 4.52 Å². The zero-order chi connectivity index (χ0) is 10.7. The summed E-state index contributed by atoms with van der Waals surface area (Å²) in [5, 5.41) is 14.3. The molecule has 14 heavy (non-hydrogen) atoms. The van der Waals surface area contributed by atoms with Crippen molar-refractivity contribution in [2.24, 2.45) is 0 Å². The summed E-state index contributed by atoms with van der Waals surface area (Å²) in [5.41, 5.74) is 0.0332. The van der Waals surface area contributed by atoms with E-state index in [2.05, 4.69) is 15.0 Å². The first-order valence-electron chi connectivity index (χ1n) is 3.61. The third-order valence-corrected chi connectivity index (χ3v) is 1.69. The van der Waals surface area contributed by atoms with Gasteiger partial charge in [-0.2, -0.15) is 0 Å². The molecule has 7 heteroatoms. The van der Waals surface area contributed by atoms with Crippen LogP contribution < -0.4 is 5.32 Å². The van der Waals surface area contributed by atoms with Gasteiger partial charge in [0.25, 0.3) is 0 Å². The molecule has 0 spiro atoms. The summed E-state index contributed by atoms with van der Waals surface area (Å²) in [6.07, 6.45) is 0. The van der Waals surface area contributed by atoms with Gasteiger partial charge in [-0.1, -0.05) is 5.16 Å². The molecule has 0 atom stereocenters. The Hall–Kier alpha value is -1.56. The first-order chi connectivity index (χ1) is 6.56. The first kappa shape index (κ1) is 10.5. The third kappa shape index (κ3) is 2.02. The summed E-state index contributed by atoms with van der Waals surface area (Å²) in [5.74, 6) is -2.24. The van der Waals surface area contributed by atoms with Gasteiger partial charge in [0.1, 0.15) is 11.4 Å². The van der Waals surface area contributed by atoms with Crippen LogP contribution in [-0.2, 0) is 4.79 Å². The van der Waals surface area contributed by atoms with Crippen LogP contribution in [0.1, 0.15) is 16.1 Å². The van der Waals surface area contributed by atoms with Gasteiger partial charge in [-0.3, -0.25) is 10.1 Å². The second-order valence-corrected chi connectivity index (χ2v) is 2.73. The number of hydrogen-bond donors (Lipinski definition) is 2. The number of nitrogens with zero attached hydrogens (tertiary/aromatic N) is 1. The van der Waals surface area contributed by atoms with E-state index >= 15 is 0 Å². The minimum absolute atomic E-state index is 0.163. The van der Waals surface area contributed by atoms with Crippen LogP contribution >= 0.6 is 11.6 Å². The van der Waals surface area contributed by atoms with Crippen molar-refractivity contribution in [3.8, 4) is 0 Å². The van der Waals surface area contributed by atoms with Crippen molar-refractivity contribution in [3.63, 3.8) is 0 Å². The Bertz CT molecular complexity index is 374. The van der Waals surface area contributed by atoms with E-state index in [0.717, 1.165) is 0 Å². The van der Waals surface area contributed by atoms with E-state index in [0.29, 0.717) is 0 Å². The maximum absolute atomic E-state index is 10.8. The van der Waals surface area contributed by atoms with E-state index in [1.807, 2.05) is 0 Å². The molecule has 0 saturated heterocycles. The molecule has 0 aliphatic heterocycles. The van der Waals surface area contributed by atoms with Gasteiger partial charge in [0.15, 0.2) is 0 Å². The number of aromatic nitrogens is 1. The molecular weight excluding hydrogens is 212 g/mol. The molecule has 1 amide bonds. The minimum atomic E-state index is -1.21. The quantitative estimate of drug-likeness (QED) is 0.734. The molecule has 1 aromatic rings. The average molecular weight is 219 g/mol. The number of alkyl halides is 1. The number of amides is 1. The molecule has 1 rings (SSSR count). The summed E-state index contributed by atoms with van der Waals surface area (Å²) in [6, 6.07) is 0. The van der Waals surface area contributed by atoms with Crippen molar-refractivity contribution >= 4 is 29.4 Å². The van der Waals surface area contributed by atoms with Crippen molar-refractivity contribution in [3.05, 3.63) is 11.3 Å². The maximum atomic E-state index is 10.8. The predicted octanol–water partition coefficient (Wildman–Crippen LogP) is 0.859. The number of carbonyl (C=O) groups excluding carboxylic acids is 1. The Morgan fingerprint density at radius 2 is 2.29 bits per heavy atom. The van der Waals surface area contributed by atoms with E-state index in [1.54, 1.807) is 0 Å². The topological polar surface area (TPSA) is 92.4 Å². The van der Waals surface area contributed by atoms with Crippen LogP contribution in [0.4, 0.5) is 5.88 Å². The van der Waals surface area contributed by atoms with Crippen molar-refractivity contribution in [1.29, 1.82) is 0 Å². The largest absolute Gasteiger partial charge is 0.477 e. The van der Waals surface area contributed by atoms with Gasteiger partial charge in [0.05, 0.1) is 5.69 Å². The molecule has 1 aromatic heterocycles. The predicted molar refractivity (Wildman–Crippen MR) is 47.5 cm³/mol. The van der Waals surface area contributed by atoms with Crippen molar-refractivity contribution in [2.75, 3.05) is 11.2 Å². The number of hydrogen-bond acceptors (Lipinski definition) is 4. The summed E-state index contributed by atoms with van der Waals surface area (Å²) in [6.45, 7) is 1.46. The molecule has 0 aliphatic carbocycles. The van der Waals surface area contributed by atoms with Gasteiger partial charge in [0, 0.05) is 0 Å². The molecule has 0 bridgehead atoms. The molecule has 0 fully saturated rings. The number of rotatable bonds is 3. The molecule has 2 N–H and O–H groups in total.